The van der Waals surface area contributed by atoms with Gasteiger partial charge >= 0.3 is 0 Å². The molecule has 0 bridgehead atoms. The van der Waals surface area contributed by atoms with Crippen molar-refractivity contribution in [3.05, 3.63) is 64.1 Å². The number of nitrogens with one attached hydrogen (secondary N) is 2. The van der Waals surface area contributed by atoms with E-state index in [0.717, 1.165) is 15.7 Å². The van der Waals surface area contributed by atoms with Crippen LogP contribution in [-0.2, 0) is 4.79 Å². The molecule has 2 aromatic rings. The van der Waals surface area contributed by atoms with E-state index in [0.29, 0.717) is 0 Å². The average molecular weight is 361 g/mol. The fourth-order valence-electron chi connectivity index (χ4n) is 2.48. The molecule has 0 aliphatic heterocycles. The number of carbonyl (C=O) groups is 1. The maximum absolute atomic E-state index is 11.2. The van der Waals surface area contributed by atoms with Crippen LogP contribution in [0.2, 0.25) is 0 Å². The molecule has 2 atom stereocenters. The van der Waals surface area contributed by atoms with Gasteiger partial charge in [-0.2, -0.15) is 0 Å². The molecule has 0 heterocycles. The summed E-state index contributed by atoms with van der Waals surface area (Å²) >= 11 is 3.59. The van der Waals surface area contributed by atoms with Crippen LogP contribution in [0.5, 0.6) is 0 Å². The predicted molar refractivity (Wildman–Crippen MR) is 94.9 cm³/mol. The first-order chi connectivity index (χ1) is 10.5. The second kappa shape index (κ2) is 7.56. The normalized spacial score (nSPS) is 13.5. The van der Waals surface area contributed by atoms with Crippen LogP contribution < -0.4 is 10.6 Å². The van der Waals surface area contributed by atoms with Gasteiger partial charge in [-0.05, 0) is 43.2 Å². The molecule has 116 valence electrons. The van der Waals surface area contributed by atoms with E-state index in [2.05, 4.69) is 58.6 Å². The summed E-state index contributed by atoms with van der Waals surface area (Å²) in [7, 11) is 0. The topological polar surface area (TPSA) is 41.1 Å². The van der Waals surface area contributed by atoms with Crippen LogP contribution in [0, 0.1) is 0 Å². The minimum atomic E-state index is -0.0562. The lowest BCUT2D eigenvalue weighted by Gasteiger charge is -2.22. The highest BCUT2D eigenvalue weighted by Crippen LogP contribution is 2.26. The Balaban J connectivity index is 2.10. The Morgan fingerprint density at radius 2 is 1.77 bits per heavy atom. The van der Waals surface area contributed by atoms with Crippen molar-refractivity contribution in [2.24, 2.45) is 0 Å². The van der Waals surface area contributed by atoms with E-state index in [-0.39, 0.29) is 18.0 Å². The second-order valence-electron chi connectivity index (χ2n) is 5.44. The van der Waals surface area contributed by atoms with Gasteiger partial charge < -0.3 is 10.6 Å². The van der Waals surface area contributed by atoms with Crippen molar-refractivity contribution in [3.63, 3.8) is 0 Å². The molecule has 1 amide bonds. The van der Waals surface area contributed by atoms with Gasteiger partial charge in [0.1, 0.15) is 0 Å². The van der Waals surface area contributed by atoms with Crippen molar-refractivity contribution in [1.82, 2.24) is 5.32 Å². The Morgan fingerprint density at radius 3 is 2.45 bits per heavy atom. The van der Waals surface area contributed by atoms with E-state index in [1.54, 1.807) is 0 Å². The molecule has 0 saturated carbocycles. The fourth-order valence-corrected chi connectivity index (χ4v) is 3.10. The Morgan fingerprint density at radius 1 is 1.05 bits per heavy atom. The van der Waals surface area contributed by atoms with Gasteiger partial charge in [-0.3, -0.25) is 4.79 Å². The molecule has 0 fully saturated rings. The smallest absolute Gasteiger partial charge is 0.221 e. The molecule has 0 aliphatic rings. The highest BCUT2D eigenvalue weighted by molar-refractivity contribution is 9.10. The number of halogens is 1. The van der Waals surface area contributed by atoms with Crippen molar-refractivity contribution < 1.29 is 4.79 Å². The van der Waals surface area contributed by atoms with Crippen LogP contribution in [0.1, 0.15) is 44.0 Å². The van der Waals surface area contributed by atoms with Crippen LogP contribution in [-0.4, -0.2) is 5.91 Å². The van der Waals surface area contributed by atoms with E-state index in [1.807, 2.05) is 30.3 Å². The molecule has 0 spiro atoms. The van der Waals surface area contributed by atoms with Crippen LogP contribution in [0.15, 0.2) is 53.0 Å². The lowest BCUT2D eigenvalue weighted by molar-refractivity contribution is -0.114. The van der Waals surface area contributed by atoms with Gasteiger partial charge in [0.15, 0.2) is 0 Å². The summed E-state index contributed by atoms with van der Waals surface area (Å²) in [6.45, 7) is 5.79. The first kappa shape index (κ1) is 16.7. The highest BCUT2D eigenvalue weighted by atomic mass is 79.9. The molecule has 4 heteroatoms. The van der Waals surface area contributed by atoms with Crippen LogP contribution in [0.25, 0.3) is 0 Å². The number of hydrogen-bond acceptors (Lipinski definition) is 2. The Hall–Kier alpha value is -1.65. The van der Waals surface area contributed by atoms with Gasteiger partial charge in [0.25, 0.3) is 0 Å². The highest BCUT2D eigenvalue weighted by Gasteiger charge is 2.13. The first-order valence-electron chi connectivity index (χ1n) is 7.35. The molecular formula is C18H21BrN2O. The molecule has 0 aromatic heterocycles. The molecule has 2 rings (SSSR count). The second-order valence-corrected chi connectivity index (χ2v) is 6.29. The van der Waals surface area contributed by atoms with Crippen molar-refractivity contribution in [3.8, 4) is 0 Å². The average Bonchev–Trinajstić information content (AvgIpc) is 2.47. The summed E-state index contributed by atoms with van der Waals surface area (Å²) in [5.41, 5.74) is 3.20. The number of carbonyl (C=O) groups excluding carboxylic acids is 1. The minimum Gasteiger partial charge on any atom is -0.326 e. The van der Waals surface area contributed by atoms with Gasteiger partial charge in [0, 0.05) is 29.2 Å². The minimum absolute atomic E-state index is 0.0562. The standard InChI is InChI=1S/C18H21BrN2O/c1-12(15-7-6-8-16(11-15)21-14(3)22)20-13(2)17-9-4-5-10-18(17)19/h4-13,20H,1-3H3,(H,21,22). The first-order valence-corrected chi connectivity index (χ1v) is 8.14. The van der Waals surface area contributed by atoms with Gasteiger partial charge in [-0.1, -0.05) is 46.3 Å². The van der Waals surface area contributed by atoms with E-state index < -0.39 is 0 Å². The summed E-state index contributed by atoms with van der Waals surface area (Å²) in [4.78, 5) is 11.2. The Labute approximate surface area is 140 Å². The zero-order valence-electron chi connectivity index (χ0n) is 13.1. The molecule has 2 N–H and O–H groups in total. The predicted octanol–water partition coefficient (Wildman–Crippen LogP) is 4.82. The molecular weight excluding hydrogens is 340 g/mol. The maximum Gasteiger partial charge on any atom is 0.221 e. The SMILES string of the molecule is CC(=O)Nc1cccc(C(C)NC(C)c2ccccc2Br)c1. The molecule has 2 unspecified atom stereocenters. The molecule has 2 aromatic carbocycles. The van der Waals surface area contributed by atoms with Crippen LogP contribution in [0.4, 0.5) is 5.69 Å². The van der Waals surface area contributed by atoms with Crippen LogP contribution in [0.3, 0.4) is 0 Å². The van der Waals surface area contributed by atoms with Crippen molar-refractivity contribution in [2.75, 3.05) is 5.32 Å². The summed E-state index contributed by atoms with van der Waals surface area (Å²) in [6.07, 6.45) is 0. The number of benzene rings is 2. The Bertz CT molecular complexity index is 657. The van der Waals surface area contributed by atoms with E-state index in [4.69, 9.17) is 0 Å². The third-order valence-electron chi connectivity index (χ3n) is 3.58. The summed E-state index contributed by atoms with van der Waals surface area (Å²) < 4.78 is 1.11. The molecule has 0 radical (unpaired) electrons. The lowest BCUT2D eigenvalue weighted by atomic mass is 10.0. The lowest BCUT2D eigenvalue weighted by Crippen LogP contribution is -2.23. The summed E-state index contributed by atoms with van der Waals surface area (Å²) in [5.74, 6) is -0.0562. The van der Waals surface area contributed by atoms with E-state index >= 15 is 0 Å². The number of rotatable bonds is 5. The van der Waals surface area contributed by atoms with Gasteiger partial charge in [0.05, 0.1) is 0 Å². The fraction of sp³-hybridized carbons (Fsp3) is 0.278. The summed E-state index contributed by atoms with van der Waals surface area (Å²) in [5, 5.41) is 6.41. The monoisotopic (exact) mass is 360 g/mol. The quantitative estimate of drug-likeness (QED) is 0.802. The summed E-state index contributed by atoms with van der Waals surface area (Å²) in [6, 6.07) is 16.5. The molecule has 0 aliphatic carbocycles. The largest absolute Gasteiger partial charge is 0.326 e. The van der Waals surface area contributed by atoms with Crippen LogP contribution >= 0.6 is 15.9 Å². The zero-order valence-corrected chi connectivity index (χ0v) is 14.6. The zero-order chi connectivity index (χ0) is 16.1. The Kier molecular flexibility index (Phi) is 5.75. The number of anilines is 1. The van der Waals surface area contributed by atoms with Crippen molar-refractivity contribution in [2.45, 2.75) is 32.9 Å². The third-order valence-corrected chi connectivity index (χ3v) is 4.30. The number of hydrogen-bond donors (Lipinski definition) is 2. The maximum atomic E-state index is 11.2. The number of amides is 1. The van der Waals surface area contributed by atoms with Crippen molar-refractivity contribution in [1.29, 1.82) is 0 Å². The van der Waals surface area contributed by atoms with Crippen molar-refractivity contribution >= 4 is 27.5 Å². The molecule has 3 nitrogen and oxygen atoms in total. The molecule has 0 saturated heterocycles. The molecule has 22 heavy (non-hydrogen) atoms. The van der Waals surface area contributed by atoms with Gasteiger partial charge in [-0.25, -0.2) is 0 Å². The van der Waals surface area contributed by atoms with Gasteiger partial charge in [-0.15, -0.1) is 0 Å². The third kappa shape index (κ3) is 4.42. The van der Waals surface area contributed by atoms with E-state index in [1.165, 1.54) is 12.5 Å². The van der Waals surface area contributed by atoms with Gasteiger partial charge in [0.2, 0.25) is 5.91 Å². The van der Waals surface area contributed by atoms with E-state index in [9.17, 15) is 4.79 Å².